The lowest BCUT2D eigenvalue weighted by molar-refractivity contribution is -0.117. The summed E-state index contributed by atoms with van der Waals surface area (Å²) in [5.41, 5.74) is 2.12. The summed E-state index contributed by atoms with van der Waals surface area (Å²) < 4.78 is 17.8. The maximum atomic E-state index is 14.8. The second-order valence-electron chi connectivity index (χ2n) is 8.31. The maximum absolute atomic E-state index is 14.8. The highest BCUT2D eigenvalue weighted by Crippen LogP contribution is 2.25. The third-order valence-electron chi connectivity index (χ3n) is 5.61. The number of tetrazole rings is 1. The number of nitrogens with zero attached hydrogens (tertiary/aromatic N) is 7. The molecule has 1 amide bonds. The molecule has 12 nitrogen and oxygen atoms in total. The van der Waals surface area contributed by atoms with E-state index in [1.807, 2.05) is 20.0 Å². The second kappa shape index (κ2) is 11.6. The summed E-state index contributed by atoms with van der Waals surface area (Å²) in [6, 6.07) is 7.35. The number of aromatic nitrogens is 7. The molecule has 0 saturated carbocycles. The van der Waals surface area contributed by atoms with Crippen LogP contribution in [-0.2, 0) is 18.3 Å². The van der Waals surface area contributed by atoms with E-state index in [1.165, 1.54) is 53.6 Å². The van der Waals surface area contributed by atoms with E-state index in [1.54, 1.807) is 4.68 Å². The van der Waals surface area contributed by atoms with Crippen LogP contribution in [0.25, 0.3) is 11.8 Å². The third kappa shape index (κ3) is 6.37. The molecule has 0 radical (unpaired) electrons. The van der Waals surface area contributed by atoms with Gasteiger partial charge in [-0.25, -0.2) is 14.2 Å². The van der Waals surface area contributed by atoms with E-state index in [-0.39, 0.29) is 22.7 Å². The molecule has 1 atom stereocenters. The molecule has 3 N–H and O–H groups in total. The fourth-order valence-electron chi connectivity index (χ4n) is 3.61. The molecule has 3 heterocycles. The average Bonchev–Trinajstić information content (AvgIpc) is 3.53. The zero-order chi connectivity index (χ0) is 27.2. The molecular weight excluding hydrogens is 517 g/mol. The highest BCUT2D eigenvalue weighted by Gasteiger charge is 2.17. The van der Waals surface area contributed by atoms with E-state index in [9.17, 15) is 14.0 Å². The average molecular weight is 540 g/mol. The quantitative estimate of drug-likeness (QED) is 0.258. The van der Waals surface area contributed by atoms with Crippen LogP contribution < -0.4 is 10.6 Å². The second-order valence-corrected chi connectivity index (χ2v) is 8.72. The van der Waals surface area contributed by atoms with E-state index in [0.29, 0.717) is 17.9 Å². The van der Waals surface area contributed by atoms with Crippen molar-refractivity contribution in [2.24, 2.45) is 7.05 Å². The highest BCUT2D eigenvalue weighted by atomic mass is 35.5. The van der Waals surface area contributed by atoms with Gasteiger partial charge in [0.15, 0.2) is 5.82 Å². The molecule has 38 heavy (non-hydrogen) atoms. The van der Waals surface area contributed by atoms with Gasteiger partial charge in [-0.1, -0.05) is 11.6 Å². The Hall–Kier alpha value is -4.65. The van der Waals surface area contributed by atoms with Gasteiger partial charge < -0.3 is 15.7 Å². The predicted octanol–water partition coefficient (Wildman–Crippen LogP) is 2.44. The number of hydrogen-bond donors (Lipinski definition) is 3. The number of carbonyl (C=O) groups is 2. The number of anilines is 1. The Kier molecular flexibility index (Phi) is 8.06. The summed E-state index contributed by atoms with van der Waals surface area (Å²) >= 11 is 5.95. The van der Waals surface area contributed by atoms with E-state index in [4.69, 9.17) is 16.7 Å². The Balaban J connectivity index is 1.51. The van der Waals surface area contributed by atoms with Crippen LogP contribution in [0.5, 0.6) is 0 Å². The maximum Gasteiger partial charge on any atom is 0.337 e. The largest absolute Gasteiger partial charge is 0.478 e. The molecule has 14 heteroatoms. The van der Waals surface area contributed by atoms with E-state index in [0.717, 1.165) is 11.4 Å². The Morgan fingerprint density at radius 1 is 1.26 bits per heavy atom. The lowest BCUT2D eigenvalue weighted by atomic mass is 10.1. The molecule has 0 fully saturated rings. The van der Waals surface area contributed by atoms with Crippen molar-refractivity contribution in [1.29, 1.82) is 0 Å². The molecule has 0 saturated heterocycles. The molecule has 0 spiro atoms. The molecule has 3 aromatic heterocycles. The number of pyridine rings is 1. The van der Waals surface area contributed by atoms with Crippen molar-refractivity contribution in [3.05, 3.63) is 82.3 Å². The number of hydrogen-bond acceptors (Lipinski definition) is 8. The Morgan fingerprint density at radius 3 is 2.71 bits per heavy atom. The van der Waals surface area contributed by atoms with Gasteiger partial charge in [-0.05, 0) is 53.8 Å². The van der Waals surface area contributed by atoms with Crippen LogP contribution in [0, 0.1) is 12.7 Å². The number of carboxylic acid groups (broad SMARTS) is 1. The molecule has 0 bridgehead atoms. The van der Waals surface area contributed by atoms with Gasteiger partial charge in [0.05, 0.1) is 28.0 Å². The van der Waals surface area contributed by atoms with E-state index in [2.05, 4.69) is 36.2 Å². The van der Waals surface area contributed by atoms with Gasteiger partial charge in [0, 0.05) is 43.5 Å². The van der Waals surface area contributed by atoms with Crippen LogP contribution in [0.3, 0.4) is 0 Å². The smallest absolute Gasteiger partial charge is 0.337 e. The summed E-state index contributed by atoms with van der Waals surface area (Å²) in [7, 11) is 1.82. The summed E-state index contributed by atoms with van der Waals surface area (Å²) in [6.07, 6.45) is 5.43. The minimum atomic E-state index is -1.08. The van der Waals surface area contributed by atoms with Gasteiger partial charge in [-0.2, -0.15) is 9.78 Å². The van der Waals surface area contributed by atoms with E-state index < -0.39 is 23.7 Å². The molecule has 1 aromatic carbocycles. The summed E-state index contributed by atoms with van der Waals surface area (Å²) in [5.74, 6) is -1.84. The number of halogens is 2. The van der Waals surface area contributed by atoms with Crippen LogP contribution in [0.2, 0.25) is 5.02 Å². The van der Waals surface area contributed by atoms with Gasteiger partial charge in [0.2, 0.25) is 5.91 Å². The first-order valence-corrected chi connectivity index (χ1v) is 11.7. The normalized spacial score (nSPS) is 12.0. The first-order chi connectivity index (χ1) is 18.2. The lowest BCUT2D eigenvalue weighted by Crippen LogP contribution is -2.40. The summed E-state index contributed by atoms with van der Waals surface area (Å²) in [4.78, 5) is 28.0. The summed E-state index contributed by atoms with van der Waals surface area (Å²) in [6.45, 7) is 2.18. The van der Waals surface area contributed by atoms with Crippen LogP contribution in [0.1, 0.15) is 27.3 Å². The zero-order valence-electron chi connectivity index (χ0n) is 20.3. The molecule has 0 aliphatic heterocycles. The number of amides is 1. The SMILES string of the molecule is Cc1cc(C[C@@H](CNc2ccc(C(=O)O)cn2)NC(=O)/C=C/c2c(-n3cnnn3)ccc(Cl)c2F)nn1C. The molecule has 0 aliphatic rings. The minimum Gasteiger partial charge on any atom is -0.478 e. The lowest BCUT2D eigenvalue weighted by Gasteiger charge is -2.18. The van der Waals surface area contributed by atoms with Crippen molar-refractivity contribution in [2.45, 2.75) is 19.4 Å². The number of benzene rings is 1. The van der Waals surface area contributed by atoms with Crippen LogP contribution >= 0.6 is 11.6 Å². The minimum absolute atomic E-state index is 0.0395. The van der Waals surface area contributed by atoms with Crippen LogP contribution in [-0.4, -0.2) is 64.5 Å². The number of rotatable bonds is 10. The zero-order valence-corrected chi connectivity index (χ0v) is 21.1. The van der Waals surface area contributed by atoms with Gasteiger partial charge in [0.1, 0.15) is 12.1 Å². The molecule has 0 unspecified atom stereocenters. The molecule has 4 rings (SSSR count). The van der Waals surface area contributed by atoms with Crippen LogP contribution in [0.4, 0.5) is 10.2 Å². The highest BCUT2D eigenvalue weighted by molar-refractivity contribution is 6.31. The standard InChI is InChI=1S/C24H23ClFN9O3/c1-14-9-16(31-34(14)2)10-17(12-28-21-7-3-15(11-27-21)24(37)38)30-22(36)8-4-18-20(35-13-29-32-33-35)6-5-19(25)23(18)26/h3-9,11,13,17H,10,12H2,1-2H3,(H,27,28)(H,30,36)(H,37,38)/b8-4+/t17-/m0/s1. The fraction of sp³-hybridized carbons (Fsp3) is 0.208. The van der Waals surface area contributed by atoms with Crippen LogP contribution in [0.15, 0.2) is 48.9 Å². The number of carbonyl (C=O) groups excluding carboxylic acids is 1. The Labute approximate surface area is 221 Å². The third-order valence-corrected chi connectivity index (χ3v) is 5.91. The first kappa shape index (κ1) is 26.4. The Bertz CT molecular complexity index is 1450. The molecular formula is C24H23ClFN9O3. The van der Waals surface area contributed by atoms with Crippen molar-refractivity contribution in [3.8, 4) is 5.69 Å². The van der Waals surface area contributed by atoms with Crippen molar-refractivity contribution in [3.63, 3.8) is 0 Å². The van der Waals surface area contributed by atoms with Gasteiger partial charge in [-0.15, -0.1) is 5.10 Å². The first-order valence-electron chi connectivity index (χ1n) is 11.3. The van der Waals surface area contributed by atoms with Crippen molar-refractivity contribution >= 4 is 35.4 Å². The number of aromatic carboxylic acids is 1. The van der Waals surface area contributed by atoms with E-state index >= 15 is 0 Å². The fourth-order valence-corrected chi connectivity index (χ4v) is 3.77. The number of aryl methyl sites for hydroxylation is 2. The van der Waals surface area contributed by atoms with Gasteiger partial charge in [0.25, 0.3) is 0 Å². The monoisotopic (exact) mass is 539 g/mol. The molecule has 0 aliphatic carbocycles. The van der Waals surface area contributed by atoms with Crippen molar-refractivity contribution in [2.75, 3.05) is 11.9 Å². The van der Waals surface area contributed by atoms with Crippen molar-refractivity contribution < 1.29 is 19.1 Å². The topological polar surface area (TPSA) is 153 Å². The Morgan fingerprint density at radius 2 is 2.08 bits per heavy atom. The van der Waals surface area contributed by atoms with Gasteiger partial charge in [-0.3, -0.25) is 9.48 Å². The molecule has 4 aromatic rings. The number of carboxylic acids is 1. The molecule has 196 valence electrons. The summed E-state index contributed by atoms with van der Waals surface area (Å²) in [5, 5.41) is 30.3. The van der Waals surface area contributed by atoms with Gasteiger partial charge >= 0.3 is 5.97 Å². The number of nitrogens with one attached hydrogen (secondary N) is 2. The van der Waals surface area contributed by atoms with Crippen molar-refractivity contribution in [1.82, 2.24) is 40.3 Å². The predicted molar refractivity (Wildman–Crippen MR) is 136 cm³/mol.